The van der Waals surface area contributed by atoms with Gasteiger partial charge in [-0.25, -0.2) is 0 Å². The van der Waals surface area contributed by atoms with E-state index in [-0.39, 0.29) is 6.04 Å². The van der Waals surface area contributed by atoms with Crippen molar-refractivity contribution in [3.05, 3.63) is 35.9 Å². The minimum Gasteiger partial charge on any atom is -0.480 e. The number of piperidine rings is 1. The second-order valence-electron chi connectivity index (χ2n) is 5.94. The van der Waals surface area contributed by atoms with Gasteiger partial charge >= 0.3 is 5.97 Å². The Morgan fingerprint density at radius 1 is 1.43 bits per heavy atom. The zero-order valence-electron chi connectivity index (χ0n) is 13.0. The summed E-state index contributed by atoms with van der Waals surface area (Å²) in [4.78, 5) is 15.8. The second kappa shape index (κ2) is 7.57. The van der Waals surface area contributed by atoms with Crippen LogP contribution in [-0.2, 0) is 11.3 Å². The highest BCUT2D eigenvalue weighted by atomic mass is 16.4. The van der Waals surface area contributed by atoms with Gasteiger partial charge in [-0.1, -0.05) is 37.3 Å². The van der Waals surface area contributed by atoms with Crippen LogP contribution in [0.1, 0.15) is 31.7 Å². The van der Waals surface area contributed by atoms with Crippen molar-refractivity contribution in [1.82, 2.24) is 9.80 Å². The van der Waals surface area contributed by atoms with Gasteiger partial charge in [0.2, 0.25) is 0 Å². The van der Waals surface area contributed by atoms with E-state index in [1.165, 1.54) is 5.56 Å². The summed E-state index contributed by atoms with van der Waals surface area (Å²) in [6, 6.07) is 10.4. The first-order valence-electron chi connectivity index (χ1n) is 7.82. The normalized spacial score (nSPS) is 21.4. The maximum absolute atomic E-state index is 11.3. The van der Waals surface area contributed by atoms with E-state index in [0.717, 1.165) is 32.5 Å². The van der Waals surface area contributed by atoms with Gasteiger partial charge in [0.15, 0.2) is 0 Å². The molecule has 116 valence electrons. The van der Waals surface area contributed by atoms with Crippen LogP contribution in [0.15, 0.2) is 30.3 Å². The molecule has 1 aliphatic heterocycles. The average Bonchev–Trinajstić information content (AvgIpc) is 2.49. The molecule has 0 bridgehead atoms. The lowest BCUT2D eigenvalue weighted by Crippen LogP contribution is -2.51. The highest BCUT2D eigenvalue weighted by molar-refractivity contribution is 5.73. The molecule has 0 amide bonds. The zero-order valence-corrected chi connectivity index (χ0v) is 13.0. The van der Waals surface area contributed by atoms with Gasteiger partial charge in [-0.2, -0.15) is 0 Å². The molecule has 0 radical (unpaired) electrons. The highest BCUT2D eigenvalue weighted by Crippen LogP contribution is 2.19. The summed E-state index contributed by atoms with van der Waals surface area (Å²) in [7, 11) is 1.96. The van der Waals surface area contributed by atoms with E-state index >= 15 is 0 Å². The first-order valence-corrected chi connectivity index (χ1v) is 7.82. The van der Waals surface area contributed by atoms with Gasteiger partial charge in [0.25, 0.3) is 0 Å². The van der Waals surface area contributed by atoms with Crippen molar-refractivity contribution in [2.24, 2.45) is 0 Å². The van der Waals surface area contributed by atoms with Crippen LogP contribution in [0.5, 0.6) is 0 Å². The molecule has 1 aliphatic rings. The molecule has 2 rings (SSSR count). The summed E-state index contributed by atoms with van der Waals surface area (Å²) >= 11 is 0. The van der Waals surface area contributed by atoms with Gasteiger partial charge in [-0.15, -0.1) is 0 Å². The third kappa shape index (κ3) is 4.29. The number of likely N-dealkylation sites (N-methyl/N-ethyl adjacent to an activating group) is 1. The monoisotopic (exact) mass is 290 g/mol. The smallest absolute Gasteiger partial charge is 0.320 e. The fraction of sp³-hybridized carbons (Fsp3) is 0.588. The van der Waals surface area contributed by atoms with Crippen LogP contribution in [0.25, 0.3) is 0 Å². The SMILES string of the molecule is CCC(C(=O)O)N(C)C1CCCN(Cc2ccccc2)C1. The lowest BCUT2D eigenvalue weighted by atomic mass is 10.0. The first kappa shape index (κ1) is 16.0. The van der Waals surface area contributed by atoms with Crippen molar-refractivity contribution in [1.29, 1.82) is 0 Å². The first-order chi connectivity index (χ1) is 10.1. The quantitative estimate of drug-likeness (QED) is 0.874. The van der Waals surface area contributed by atoms with E-state index in [4.69, 9.17) is 0 Å². The number of carboxylic acid groups (broad SMARTS) is 1. The minimum atomic E-state index is -0.708. The van der Waals surface area contributed by atoms with E-state index in [0.29, 0.717) is 12.5 Å². The van der Waals surface area contributed by atoms with Gasteiger partial charge in [0.1, 0.15) is 6.04 Å². The fourth-order valence-electron chi connectivity index (χ4n) is 3.24. The van der Waals surface area contributed by atoms with E-state index in [1.807, 2.05) is 20.0 Å². The van der Waals surface area contributed by atoms with E-state index in [9.17, 15) is 9.90 Å². The predicted molar refractivity (Wildman–Crippen MR) is 84.2 cm³/mol. The van der Waals surface area contributed by atoms with Crippen molar-refractivity contribution in [3.8, 4) is 0 Å². The molecular formula is C17H26N2O2. The Morgan fingerprint density at radius 2 is 2.14 bits per heavy atom. The second-order valence-corrected chi connectivity index (χ2v) is 5.94. The number of hydrogen-bond donors (Lipinski definition) is 1. The van der Waals surface area contributed by atoms with Gasteiger partial charge in [0.05, 0.1) is 0 Å². The van der Waals surface area contributed by atoms with E-state index in [1.54, 1.807) is 0 Å². The third-order valence-electron chi connectivity index (χ3n) is 4.47. The van der Waals surface area contributed by atoms with Crippen LogP contribution >= 0.6 is 0 Å². The highest BCUT2D eigenvalue weighted by Gasteiger charge is 2.30. The molecule has 1 fully saturated rings. The van der Waals surface area contributed by atoms with Crippen LogP contribution in [0, 0.1) is 0 Å². The van der Waals surface area contributed by atoms with Crippen molar-refractivity contribution < 1.29 is 9.90 Å². The van der Waals surface area contributed by atoms with E-state index in [2.05, 4.69) is 34.1 Å². The Bertz CT molecular complexity index is 449. The Morgan fingerprint density at radius 3 is 2.76 bits per heavy atom. The van der Waals surface area contributed by atoms with Crippen molar-refractivity contribution in [2.75, 3.05) is 20.1 Å². The van der Waals surface area contributed by atoms with Gasteiger partial charge in [0, 0.05) is 19.1 Å². The molecule has 1 N–H and O–H groups in total. The Balaban J connectivity index is 1.95. The molecule has 1 heterocycles. The molecule has 0 spiro atoms. The number of benzene rings is 1. The Labute approximate surface area is 127 Å². The fourth-order valence-corrected chi connectivity index (χ4v) is 3.24. The predicted octanol–water partition coefficient (Wildman–Crippen LogP) is 2.45. The molecule has 2 unspecified atom stereocenters. The zero-order chi connectivity index (χ0) is 15.2. The number of carboxylic acids is 1. The largest absolute Gasteiger partial charge is 0.480 e. The lowest BCUT2D eigenvalue weighted by molar-refractivity contribution is -0.144. The molecule has 21 heavy (non-hydrogen) atoms. The van der Waals surface area contributed by atoms with Gasteiger partial charge in [-0.05, 0) is 38.4 Å². The molecule has 0 aromatic heterocycles. The van der Waals surface area contributed by atoms with E-state index < -0.39 is 5.97 Å². The number of likely N-dealkylation sites (tertiary alicyclic amines) is 1. The van der Waals surface area contributed by atoms with Crippen LogP contribution in [0.4, 0.5) is 0 Å². The summed E-state index contributed by atoms with van der Waals surface area (Å²) < 4.78 is 0. The molecule has 4 heteroatoms. The minimum absolute atomic E-state index is 0.337. The van der Waals surface area contributed by atoms with Crippen molar-refractivity contribution in [3.63, 3.8) is 0 Å². The number of nitrogens with zero attached hydrogens (tertiary/aromatic N) is 2. The topological polar surface area (TPSA) is 43.8 Å². The molecule has 1 saturated heterocycles. The third-order valence-corrected chi connectivity index (χ3v) is 4.47. The summed E-state index contributed by atoms with van der Waals surface area (Å²) in [5, 5.41) is 9.32. The van der Waals surface area contributed by atoms with Crippen LogP contribution < -0.4 is 0 Å². The molecular weight excluding hydrogens is 264 g/mol. The van der Waals surface area contributed by atoms with Crippen LogP contribution in [0.3, 0.4) is 0 Å². The summed E-state index contributed by atoms with van der Waals surface area (Å²) in [6.45, 7) is 4.95. The number of aliphatic carboxylic acids is 1. The molecule has 2 atom stereocenters. The Kier molecular flexibility index (Phi) is 5.76. The molecule has 1 aromatic carbocycles. The summed E-state index contributed by atoms with van der Waals surface area (Å²) in [6.07, 6.45) is 2.88. The number of carbonyl (C=O) groups is 1. The van der Waals surface area contributed by atoms with Crippen molar-refractivity contribution >= 4 is 5.97 Å². The number of rotatable bonds is 6. The Hall–Kier alpha value is -1.39. The molecule has 4 nitrogen and oxygen atoms in total. The van der Waals surface area contributed by atoms with Crippen LogP contribution in [0.2, 0.25) is 0 Å². The average molecular weight is 290 g/mol. The lowest BCUT2D eigenvalue weighted by Gasteiger charge is -2.39. The standard InChI is InChI=1S/C17H26N2O2/c1-3-16(17(20)21)18(2)15-10-7-11-19(13-15)12-14-8-5-4-6-9-14/h4-6,8-9,15-16H,3,7,10-13H2,1-2H3,(H,20,21). The van der Waals surface area contributed by atoms with Crippen LogP contribution in [-0.4, -0.2) is 53.1 Å². The van der Waals surface area contributed by atoms with Gasteiger partial charge in [-0.3, -0.25) is 14.6 Å². The number of hydrogen-bond acceptors (Lipinski definition) is 3. The van der Waals surface area contributed by atoms with Gasteiger partial charge < -0.3 is 5.11 Å². The molecule has 0 aliphatic carbocycles. The summed E-state index contributed by atoms with van der Waals surface area (Å²) in [5.74, 6) is -0.708. The summed E-state index contributed by atoms with van der Waals surface area (Å²) in [5.41, 5.74) is 1.33. The maximum atomic E-state index is 11.3. The molecule has 1 aromatic rings. The van der Waals surface area contributed by atoms with Crippen molar-refractivity contribution in [2.45, 2.75) is 44.8 Å². The maximum Gasteiger partial charge on any atom is 0.320 e. The molecule has 0 saturated carbocycles.